The van der Waals surface area contributed by atoms with E-state index in [2.05, 4.69) is 10.6 Å². The van der Waals surface area contributed by atoms with Crippen LogP contribution in [0.2, 0.25) is 0 Å². The van der Waals surface area contributed by atoms with Gasteiger partial charge >= 0.3 is 0 Å². The third-order valence-corrected chi connectivity index (χ3v) is 4.62. The van der Waals surface area contributed by atoms with Crippen LogP contribution >= 0.6 is 0 Å². The third-order valence-electron chi connectivity index (χ3n) is 4.62. The van der Waals surface area contributed by atoms with E-state index in [4.69, 9.17) is 4.74 Å². The van der Waals surface area contributed by atoms with Crippen LogP contribution in [0.25, 0.3) is 0 Å². The van der Waals surface area contributed by atoms with Crippen LogP contribution in [0.5, 0.6) is 5.75 Å². The number of rotatable bonds is 7. The van der Waals surface area contributed by atoms with E-state index in [1.54, 1.807) is 0 Å². The Morgan fingerprint density at radius 1 is 1.04 bits per heavy atom. The highest BCUT2D eigenvalue weighted by molar-refractivity contribution is 5.76. The second-order valence-electron chi connectivity index (χ2n) is 6.56. The normalized spacial score (nSPS) is 14.9. The Morgan fingerprint density at radius 3 is 2.56 bits per heavy atom. The molecule has 0 spiro atoms. The van der Waals surface area contributed by atoms with Gasteiger partial charge in [0.05, 0.1) is 0 Å². The van der Waals surface area contributed by atoms with Gasteiger partial charge < -0.3 is 15.4 Å². The second kappa shape index (κ2) is 9.23. The maximum Gasteiger partial charge on any atom is 0.220 e. The summed E-state index contributed by atoms with van der Waals surface area (Å²) in [7, 11) is 0. The van der Waals surface area contributed by atoms with Crippen LogP contribution in [0.4, 0.5) is 0 Å². The van der Waals surface area contributed by atoms with E-state index in [0.29, 0.717) is 25.5 Å². The minimum absolute atomic E-state index is 0.129. The van der Waals surface area contributed by atoms with Crippen LogP contribution in [-0.4, -0.2) is 19.0 Å². The Hall–Kier alpha value is -2.33. The van der Waals surface area contributed by atoms with Crippen molar-refractivity contribution in [2.24, 2.45) is 5.92 Å². The van der Waals surface area contributed by atoms with E-state index < -0.39 is 0 Å². The Labute approximate surface area is 149 Å². The molecule has 25 heavy (non-hydrogen) atoms. The molecule has 1 saturated heterocycles. The molecular weight excluding hydrogens is 312 g/mol. The molecule has 0 atom stereocenters. The fourth-order valence-corrected chi connectivity index (χ4v) is 3.14. The van der Waals surface area contributed by atoms with Crippen molar-refractivity contribution in [2.75, 3.05) is 13.1 Å². The molecule has 1 amide bonds. The van der Waals surface area contributed by atoms with Crippen LogP contribution in [0.3, 0.4) is 0 Å². The molecule has 4 nitrogen and oxygen atoms in total. The number of piperidine rings is 1. The summed E-state index contributed by atoms with van der Waals surface area (Å²) in [4.78, 5) is 12.2. The summed E-state index contributed by atoms with van der Waals surface area (Å²) in [6, 6.07) is 18.0. The zero-order chi connectivity index (χ0) is 17.3. The van der Waals surface area contributed by atoms with Gasteiger partial charge in [-0.2, -0.15) is 0 Å². The first-order chi connectivity index (χ1) is 12.3. The molecule has 0 saturated carbocycles. The van der Waals surface area contributed by atoms with Crippen LogP contribution in [-0.2, 0) is 17.9 Å². The number of ether oxygens (including phenoxy) is 1. The van der Waals surface area contributed by atoms with Crippen LogP contribution in [0.1, 0.15) is 30.4 Å². The topological polar surface area (TPSA) is 50.4 Å². The molecule has 2 aromatic rings. The van der Waals surface area contributed by atoms with Gasteiger partial charge in [-0.1, -0.05) is 48.5 Å². The summed E-state index contributed by atoms with van der Waals surface area (Å²) in [6.45, 7) is 3.08. The van der Waals surface area contributed by atoms with Crippen LogP contribution in [0, 0.1) is 5.92 Å². The van der Waals surface area contributed by atoms with Gasteiger partial charge in [0.15, 0.2) is 0 Å². The maximum atomic E-state index is 12.2. The highest BCUT2D eigenvalue weighted by atomic mass is 16.5. The summed E-state index contributed by atoms with van der Waals surface area (Å²) in [5.74, 6) is 1.46. The largest absolute Gasteiger partial charge is 0.489 e. The molecular formula is C21H26N2O2. The molecule has 1 fully saturated rings. The first-order valence-corrected chi connectivity index (χ1v) is 9.03. The number of para-hydroxylation sites is 1. The number of benzene rings is 2. The summed E-state index contributed by atoms with van der Waals surface area (Å²) in [5, 5.41) is 6.38. The first kappa shape index (κ1) is 17.5. The van der Waals surface area contributed by atoms with Crippen molar-refractivity contribution in [3.05, 3.63) is 65.7 Å². The summed E-state index contributed by atoms with van der Waals surface area (Å²) in [5.41, 5.74) is 2.14. The SMILES string of the molecule is O=C(CC1CCNCC1)NCc1ccccc1OCc1ccccc1. The van der Waals surface area contributed by atoms with E-state index in [9.17, 15) is 4.79 Å². The predicted molar refractivity (Wildman–Crippen MR) is 99.3 cm³/mol. The maximum absolute atomic E-state index is 12.2. The summed E-state index contributed by atoms with van der Waals surface area (Å²) in [6.07, 6.45) is 2.79. The number of hydrogen-bond acceptors (Lipinski definition) is 3. The monoisotopic (exact) mass is 338 g/mol. The molecule has 0 radical (unpaired) electrons. The van der Waals surface area contributed by atoms with Gasteiger partial charge in [-0.05, 0) is 43.5 Å². The molecule has 0 bridgehead atoms. The van der Waals surface area contributed by atoms with Crippen molar-refractivity contribution in [1.82, 2.24) is 10.6 Å². The smallest absolute Gasteiger partial charge is 0.220 e. The van der Waals surface area contributed by atoms with E-state index in [1.165, 1.54) is 0 Å². The minimum atomic E-state index is 0.129. The minimum Gasteiger partial charge on any atom is -0.489 e. The summed E-state index contributed by atoms with van der Waals surface area (Å²) < 4.78 is 5.95. The van der Waals surface area contributed by atoms with E-state index in [1.807, 2.05) is 54.6 Å². The lowest BCUT2D eigenvalue weighted by molar-refractivity contribution is -0.122. The molecule has 1 heterocycles. The average Bonchev–Trinajstić information content (AvgIpc) is 2.67. The van der Waals surface area contributed by atoms with E-state index >= 15 is 0 Å². The lowest BCUT2D eigenvalue weighted by atomic mass is 9.94. The predicted octanol–water partition coefficient (Wildman–Crippen LogP) is 3.27. The molecule has 1 aliphatic rings. The number of nitrogens with one attached hydrogen (secondary N) is 2. The molecule has 4 heteroatoms. The zero-order valence-corrected chi connectivity index (χ0v) is 14.5. The van der Waals surface area contributed by atoms with Gasteiger partial charge in [-0.3, -0.25) is 4.79 Å². The number of hydrogen-bond donors (Lipinski definition) is 2. The molecule has 1 aliphatic heterocycles. The zero-order valence-electron chi connectivity index (χ0n) is 14.5. The van der Waals surface area contributed by atoms with E-state index in [0.717, 1.165) is 42.8 Å². The molecule has 132 valence electrons. The lowest BCUT2D eigenvalue weighted by Crippen LogP contribution is -2.32. The number of carbonyl (C=O) groups excluding carboxylic acids is 1. The third kappa shape index (κ3) is 5.61. The number of carbonyl (C=O) groups is 1. The van der Waals surface area contributed by atoms with Crippen LogP contribution in [0.15, 0.2) is 54.6 Å². The van der Waals surface area contributed by atoms with E-state index in [-0.39, 0.29) is 5.91 Å². The molecule has 2 N–H and O–H groups in total. The fraction of sp³-hybridized carbons (Fsp3) is 0.381. The van der Waals surface area contributed by atoms with Gasteiger partial charge in [-0.25, -0.2) is 0 Å². The van der Waals surface area contributed by atoms with Crippen molar-refractivity contribution in [2.45, 2.75) is 32.4 Å². The van der Waals surface area contributed by atoms with Crippen molar-refractivity contribution >= 4 is 5.91 Å². The van der Waals surface area contributed by atoms with Gasteiger partial charge in [0.1, 0.15) is 12.4 Å². The molecule has 0 unspecified atom stereocenters. The fourth-order valence-electron chi connectivity index (χ4n) is 3.14. The average molecular weight is 338 g/mol. The molecule has 0 aromatic heterocycles. The summed E-state index contributed by atoms with van der Waals surface area (Å²) >= 11 is 0. The van der Waals surface area contributed by atoms with Crippen LogP contribution < -0.4 is 15.4 Å². The molecule has 0 aliphatic carbocycles. The van der Waals surface area contributed by atoms with Gasteiger partial charge in [0, 0.05) is 18.5 Å². The standard InChI is InChI=1S/C21H26N2O2/c24-21(14-17-10-12-22-13-11-17)23-15-19-8-4-5-9-20(19)25-16-18-6-2-1-3-7-18/h1-9,17,22H,10-16H2,(H,23,24). The van der Waals surface area contributed by atoms with Gasteiger partial charge in [0.2, 0.25) is 5.91 Å². The van der Waals surface area contributed by atoms with Crippen molar-refractivity contribution in [3.8, 4) is 5.75 Å². The van der Waals surface area contributed by atoms with Gasteiger partial charge in [0.25, 0.3) is 0 Å². The highest BCUT2D eigenvalue weighted by Crippen LogP contribution is 2.20. The van der Waals surface area contributed by atoms with Crippen molar-refractivity contribution < 1.29 is 9.53 Å². The number of amides is 1. The van der Waals surface area contributed by atoms with Crippen molar-refractivity contribution in [3.63, 3.8) is 0 Å². The Bertz CT molecular complexity index is 667. The lowest BCUT2D eigenvalue weighted by Gasteiger charge is -2.22. The quantitative estimate of drug-likeness (QED) is 0.815. The Kier molecular flexibility index (Phi) is 6.46. The second-order valence-corrected chi connectivity index (χ2v) is 6.56. The Balaban J connectivity index is 1.51. The first-order valence-electron chi connectivity index (χ1n) is 9.03. The van der Waals surface area contributed by atoms with Gasteiger partial charge in [-0.15, -0.1) is 0 Å². The highest BCUT2D eigenvalue weighted by Gasteiger charge is 2.16. The Morgan fingerprint density at radius 2 is 1.76 bits per heavy atom. The molecule has 3 rings (SSSR count). The molecule has 2 aromatic carbocycles. The van der Waals surface area contributed by atoms with Crippen molar-refractivity contribution in [1.29, 1.82) is 0 Å².